The second-order valence-electron chi connectivity index (χ2n) is 6.36. The molecule has 0 aliphatic carbocycles. The van der Waals surface area contributed by atoms with E-state index in [-0.39, 0.29) is 11.7 Å². The summed E-state index contributed by atoms with van der Waals surface area (Å²) < 4.78 is 14.3. The number of carbonyl (C=O) groups excluding carboxylic acids is 1. The number of likely N-dealkylation sites (N-methyl/N-ethyl adjacent to an activating group) is 2. The van der Waals surface area contributed by atoms with Gasteiger partial charge in [-0.15, -0.1) is 11.3 Å². The summed E-state index contributed by atoms with van der Waals surface area (Å²) in [6.07, 6.45) is 0. The molecule has 5 heteroatoms. The smallest absolute Gasteiger partial charge is 0.263 e. The van der Waals surface area contributed by atoms with Crippen molar-refractivity contribution in [3.8, 4) is 11.1 Å². The third kappa shape index (κ3) is 3.89. The molecule has 0 atom stereocenters. The van der Waals surface area contributed by atoms with Crippen molar-refractivity contribution in [1.82, 2.24) is 9.80 Å². The lowest BCUT2D eigenvalue weighted by atomic mass is 10.0. The fourth-order valence-corrected chi connectivity index (χ4v) is 3.77. The topological polar surface area (TPSA) is 23.6 Å². The molecule has 2 aromatic carbocycles. The molecule has 3 aromatic rings. The number of nitrogens with zero attached hydrogens (tertiary/aromatic N) is 2. The Morgan fingerprint density at radius 2 is 1.76 bits per heavy atom. The summed E-state index contributed by atoms with van der Waals surface area (Å²) in [4.78, 5) is 17.2. The van der Waals surface area contributed by atoms with E-state index in [2.05, 4.69) is 4.90 Å². The van der Waals surface area contributed by atoms with E-state index < -0.39 is 0 Å². The van der Waals surface area contributed by atoms with Gasteiger partial charge in [0.2, 0.25) is 0 Å². The van der Waals surface area contributed by atoms with Crippen molar-refractivity contribution in [2.24, 2.45) is 0 Å². The van der Waals surface area contributed by atoms with Crippen LogP contribution in [-0.2, 0) is 0 Å². The number of hydrogen-bond acceptors (Lipinski definition) is 3. The number of carbonyl (C=O) groups is 1. The summed E-state index contributed by atoms with van der Waals surface area (Å²) >= 11 is 1.50. The van der Waals surface area contributed by atoms with Gasteiger partial charge in [0.1, 0.15) is 5.82 Å². The first-order chi connectivity index (χ1) is 12.0. The summed E-state index contributed by atoms with van der Waals surface area (Å²) in [5.74, 6) is -0.215. The van der Waals surface area contributed by atoms with E-state index in [1.54, 1.807) is 17.0 Å². The van der Waals surface area contributed by atoms with E-state index in [9.17, 15) is 9.18 Å². The highest BCUT2D eigenvalue weighted by Crippen LogP contribution is 2.34. The van der Waals surface area contributed by atoms with Gasteiger partial charge in [-0.1, -0.05) is 24.3 Å². The molecule has 0 spiro atoms. The van der Waals surface area contributed by atoms with E-state index in [0.717, 1.165) is 32.6 Å². The van der Waals surface area contributed by atoms with Crippen molar-refractivity contribution >= 4 is 27.3 Å². The molecule has 0 radical (unpaired) electrons. The number of amides is 1. The molecule has 0 fully saturated rings. The van der Waals surface area contributed by atoms with Crippen LogP contribution in [0, 0.1) is 5.82 Å². The van der Waals surface area contributed by atoms with E-state index in [1.165, 1.54) is 23.5 Å². The first-order valence-electron chi connectivity index (χ1n) is 8.14. The van der Waals surface area contributed by atoms with Crippen molar-refractivity contribution in [3.63, 3.8) is 0 Å². The van der Waals surface area contributed by atoms with Gasteiger partial charge < -0.3 is 9.80 Å². The molecule has 1 heterocycles. The Kier molecular flexibility index (Phi) is 5.16. The Morgan fingerprint density at radius 1 is 1.04 bits per heavy atom. The van der Waals surface area contributed by atoms with Crippen LogP contribution in [0.1, 0.15) is 9.67 Å². The molecule has 130 valence electrons. The van der Waals surface area contributed by atoms with Crippen LogP contribution < -0.4 is 0 Å². The van der Waals surface area contributed by atoms with E-state index in [4.69, 9.17) is 0 Å². The van der Waals surface area contributed by atoms with E-state index in [0.29, 0.717) is 6.54 Å². The van der Waals surface area contributed by atoms with Crippen LogP contribution in [0.5, 0.6) is 0 Å². The van der Waals surface area contributed by atoms with Gasteiger partial charge in [0, 0.05) is 30.2 Å². The number of thiophene rings is 1. The minimum absolute atomic E-state index is 0.0353. The minimum atomic E-state index is -0.250. The molecule has 0 N–H and O–H groups in total. The maximum absolute atomic E-state index is 13.2. The maximum Gasteiger partial charge on any atom is 0.263 e. The van der Waals surface area contributed by atoms with Crippen molar-refractivity contribution in [3.05, 3.63) is 59.2 Å². The Morgan fingerprint density at radius 3 is 2.44 bits per heavy atom. The SMILES string of the molecule is CN(C)CCN(C)C(=O)c1cc2c(-c3ccc(F)cc3)cccc2s1. The van der Waals surface area contributed by atoms with Crippen molar-refractivity contribution < 1.29 is 9.18 Å². The van der Waals surface area contributed by atoms with Crippen LogP contribution in [-0.4, -0.2) is 49.9 Å². The van der Waals surface area contributed by atoms with Gasteiger partial charge in [-0.3, -0.25) is 4.79 Å². The lowest BCUT2D eigenvalue weighted by Gasteiger charge is -2.18. The highest BCUT2D eigenvalue weighted by atomic mass is 32.1. The average Bonchev–Trinajstić information content (AvgIpc) is 3.03. The first kappa shape index (κ1) is 17.6. The van der Waals surface area contributed by atoms with Crippen molar-refractivity contribution in [1.29, 1.82) is 0 Å². The monoisotopic (exact) mass is 356 g/mol. The minimum Gasteiger partial charge on any atom is -0.340 e. The molecule has 0 aliphatic rings. The van der Waals surface area contributed by atoms with Gasteiger partial charge in [0.05, 0.1) is 4.88 Å². The number of fused-ring (bicyclic) bond motifs is 1. The predicted molar refractivity (Wildman–Crippen MR) is 103 cm³/mol. The van der Waals surface area contributed by atoms with Crippen LogP contribution in [0.3, 0.4) is 0 Å². The maximum atomic E-state index is 13.2. The third-order valence-electron chi connectivity index (χ3n) is 4.16. The number of rotatable bonds is 5. The van der Waals surface area contributed by atoms with Crippen LogP contribution in [0.25, 0.3) is 21.2 Å². The van der Waals surface area contributed by atoms with E-state index in [1.807, 2.05) is 45.4 Å². The van der Waals surface area contributed by atoms with Crippen molar-refractivity contribution in [2.75, 3.05) is 34.2 Å². The van der Waals surface area contributed by atoms with Gasteiger partial charge in [0.15, 0.2) is 0 Å². The number of halogens is 1. The van der Waals surface area contributed by atoms with E-state index >= 15 is 0 Å². The van der Waals surface area contributed by atoms with Gasteiger partial charge >= 0.3 is 0 Å². The molecule has 3 nitrogen and oxygen atoms in total. The van der Waals surface area contributed by atoms with Crippen LogP contribution in [0.2, 0.25) is 0 Å². The highest BCUT2D eigenvalue weighted by Gasteiger charge is 2.16. The molecule has 25 heavy (non-hydrogen) atoms. The first-order valence-corrected chi connectivity index (χ1v) is 8.96. The predicted octanol–water partition coefficient (Wildman–Crippen LogP) is 4.34. The molecule has 0 bridgehead atoms. The number of benzene rings is 2. The average molecular weight is 356 g/mol. The highest BCUT2D eigenvalue weighted by molar-refractivity contribution is 7.20. The normalized spacial score (nSPS) is 11.2. The van der Waals surface area contributed by atoms with Crippen LogP contribution in [0.4, 0.5) is 4.39 Å². The Balaban J connectivity index is 1.93. The molecule has 0 saturated heterocycles. The van der Waals surface area contributed by atoms with Gasteiger partial charge in [-0.05, 0) is 49.5 Å². The summed E-state index contributed by atoms with van der Waals surface area (Å²) in [5, 5.41) is 1.03. The molecular weight excluding hydrogens is 335 g/mol. The molecule has 0 unspecified atom stereocenters. The van der Waals surface area contributed by atoms with Crippen LogP contribution in [0.15, 0.2) is 48.5 Å². The van der Waals surface area contributed by atoms with Crippen molar-refractivity contribution in [2.45, 2.75) is 0 Å². The summed E-state index contributed by atoms with van der Waals surface area (Å²) in [6.45, 7) is 1.51. The molecule has 3 rings (SSSR count). The summed E-state index contributed by atoms with van der Waals surface area (Å²) in [6, 6.07) is 14.4. The van der Waals surface area contributed by atoms with Gasteiger partial charge in [-0.2, -0.15) is 0 Å². The molecular formula is C20H21FN2OS. The Hall–Kier alpha value is -2.24. The fraction of sp³-hybridized carbons (Fsp3) is 0.250. The number of hydrogen-bond donors (Lipinski definition) is 0. The second-order valence-corrected chi connectivity index (χ2v) is 7.45. The standard InChI is InChI=1S/C20H21FN2OS/c1-22(2)11-12-23(3)20(24)19-13-17-16(5-4-6-18(17)25-19)14-7-9-15(21)10-8-14/h4-10,13H,11-12H2,1-3H3. The summed E-state index contributed by atoms with van der Waals surface area (Å²) in [7, 11) is 5.82. The molecule has 1 aromatic heterocycles. The van der Waals surface area contributed by atoms with Gasteiger partial charge in [-0.25, -0.2) is 4.39 Å². The fourth-order valence-electron chi connectivity index (χ4n) is 2.69. The zero-order valence-electron chi connectivity index (χ0n) is 14.6. The second kappa shape index (κ2) is 7.33. The van der Waals surface area contributed by atoms with Gasteiger partial charge in [0.25, 0.3) is 5.91 Å². The zero-order chi connectivity index (χ0) is 18.0. The molecule has 0 aliphatic heterocycles. The molecule has 1 amide bonds. The summed E-state index contributed by atoms with van der Waals surface area (Å²) in [5.41, 5.74) is 1.97. The lowest BCUT2D eigenvalue weighted by Crippen LogP contribution is -2.33. The van der Waals surface area contributed by atoms with Crippen LogP contribution >= 0.6 is 11.3 Å². The lowest BCUT2D eigenvalue weighted by molar-refractivity contribution is 0.0791. The quantitative estimate of drug-likeness (QED) is 0.679. The molecule has 0 saturated carbocycles. The zero-order valence-corrected chi connectivity index (χ0v) is 15.4. The Labute approximate surface area is 151 Å². The Bertz CT molecular complexity index is 886. The largest absolute Gasteiger partial charge is 0.340 e. The third-order valence-corrected chi connectivity index (χ3v) is 5.25.